The van der Waals surface area contributed by atoms with E-state index < -0.39 is 6.97 Å². The van der Waals surface area contributed by atoms with Crippen molar-refractivity contribution in [2.24, 2.45) is 0 Å². The summed E-state index contributed by atoms with van der Waals surface area (Å²) in [5.74, 6) is 0.395. The Morgan fingerprint density at radius 1 is 0.806 bits per heavy atom. The Morgan fingerprint density at radius 2 is 1.42 bits per heavy atom. The van der Waals surface area contributed by atoms with Crippen molar-refractivity contribution in [2.75, 3.05) is 4.81 Å². The first kappa shape index (κ1) is 19.8. The lowest BCUT2D eigenvalue weighted by Crippen LogP contribution is -2.70. The van der Waals surface area contributed by atoms with E-state index >= 15 is 8.63 Å². The van der Waals surface area contributed by atoms with E-state index in [9.17, 15) is 0 Å². The fourth-order valence-electron chi connectivity index (χ4n) is 4.71. The summed E-state index contributed by atoms with van der Waals surface area (Å²) in [5, 5.41) is 0. The fourth-order valence-corrected chi connectivity index (χ4v) is 4.71. The third kappa shape index (κ3) is 2.81. The summed E-state index contributed by atoms with van der Waals surface area (Å²) < 4.78 is 40.2. The largest absolute Gasteiger partial charge is 0.740 e. The molecule has 0 fully saturated rings. The Bertz CT molecular complexity index is 1270. The predicted octanol–water partition coefficient (Wildman–Crippen LogP) is 7.01. The zero-order valence-corrected chi connectivity index (χ0v) is 18.1. The number of hydrogen-bond donors (Lipinski definition) is 0. The Labute approximate surface area is 181 Å². The molecular weight excluding hydrogens is 393 g/mol. The smallest absolute Gasteiger partial charge is 0.401 e. The zero-order valence-electron chi connectivity index (χ0n) is 18.1. The summed E-state index contributed by atoms with van der Waals surface area (Å²) in [6.45, 7) is 4.00. The fraction of sp³-hybridized carbons (Fsp3) is 0.240. The Balaban J connectivity index is 1.91. The number of oxazole rings is 1. The molecule has 0 radical (unpaired) electrons. The topological polar surface area (TPSA) is 20.3 Å². The average Bonchev–Trinajstić information content (AvgIpc) is 3.14. The molecule has 1 aliphatic heterocycles. The number of benzene rings is 3. The van der Waals surface area contributed by atoms with Gasteiger partial charge < -0.3 is 17.9 Å². The van der Waals surface area contributed by atoms with E-state index in [-0.39, 0.29) is 17.7 Å². The monoisotopic (exact) mass is 418 g/mol. The molecule has 0 amide bonds. The van der Waals surface area contributed by atoms with Gasteiger partial charge in [-0.3, -0.25) is 4.48 Å². The molecule has 0 saturated carbocycles. The van der Waals surface area contributed by atoms with Crippen LogP contribution in [0.4, 0.5) is 20.0 Å². The summed E-state index contributed by atoms with van der Waals surface area (Å²) in [7, 11) is 0. The third-order valence-electron chi connectivity index (χ3n) is 6.15. The minimum absolute atomic E-state index is 0.0972. The van der Waals surface area contributed by atoms with Gasteiger partial charge in [-0.15, -0.1) is 0 Å². The molecule has 0 atom stereocenters. The van der Waals surface area contributed by atoms with Crippen LogP contribution in [0, 0.1) is 0 Å². The van der Waals surface area contributed by atoms with E-state index in [4.69, 9.17) is 4.42 Å². The molecule has 1 aliphatic rings. The van der Waals surface area contributed by atoms with Crippen molar-refractivity contribution in [1.29, 1.82) is 0 Å². The Kier molecular flexibility index (Phi) is 4.43. The summed E-state index contributed by atoms with van der Waals surface area (Å²) in [4.78, 5) is 1.27. The van der Waals surface area contributed by atoms with Crippen molar-refractivity contribution in [3.63, 3.8) is 0 Å². The molecule has 0 unspecified atom stereocenters. The first-order valence-electron chi connectivity index (χ1n) is 10.8. The van der Waals surface area contributed by atoms with Gasteiger partial charge in [-0.05, 0) is 41.2 Å². The maximum Gasteiger partial charge on any atom is 0.740 e. The molecule has 31 heavy (non-hydrogen) atoms. The number of hydrogen-bond acceptors (Lipinski definition) is 2. The second-order valence-electron chi connectivity index (χ2n) is 8.81. The van der Waals surface area contributed by atoms with E-state index in [1.165, 1.54) is 4.81 Å². The van der Waals surface area contributed by atoms with Crippen LogP contribution in [0.3, 0.4) is 0 Å². The molecule has 4 aromatic rings. The van der Waals surface area contributed by atoms with Crippen LogP contribution in [-0.2, 0) is 0 Å². The summed E-state index contributed by atoms with van der Waals surface area (Å²) in [6, 6.07) is 20.2. The van der Waals surface area contributed by atoms with Gasteiger partial charge in [0.25, 0.3) is 0 Å². The maximum absolute atomic E-state index is 16.6. The van der Waals surface area contributed by atoms with E-state index in [2.05, 4.69) is 27.7 Å². The molecule has 1 aromatic heterocycles. The lowest BCUT2D eigenvalue weighted by molar-refractivity contribution is -0.531. The van der Waals surface area contributed by atoms with E-state index in [0.717, 1.165) is 15.6 Å². The first-order chi connectivity index (χ1) is 14.8. The minimum atomic E-state index is -4.21. The molecule has 3 aromatic carbocycles. The standard InChI is InChI=1S/C25H25BF2N2O/c1-16(2)18-11-9-12-19(17(3)4)24(18)29-21-13-6-5-10-20(21)25-30(26(29,27)28)22-14-7-8-15-23(22)31-25/h5-17H,1-4H3. The number of para-hydroxylation sites is 4. The van der Waals surface area contributed by atoms with Crippen molar-refractivity contribution in [3.8, 4) is 11.5 Å². The van der Waals surface area contributed by atoms with Gasteiger partial charge in [-0.1, -0.05) is 70.2 Å². The highest BCUT2D eigenvalue weighted by Crippen LogP contribution is 2.47. The van der Waals surface area contributed by atoms with Crippen LogP contribution < -0.4 is 9.29 Å². The zero-order chi connectivity index (χ0) is 21.9. The van der Waals surface area contributed by atoms with Crippen molar-refractivity contribution in [2.45, 2.75) is 39.5 Å². The molecule has 0 aliphatic carbocycles. The second-order valence-corrected chi connectivity index (χ2v) is 8.81. The average molecular weight is 418 g/mol. The number of halogens is 2. The quantitative estimate of drug-likeness (QED) is 0.334. The van der Waals surface area contributed by atoms with Gasteiger partial charge >= 0.3 is 12.9 Å². The molecule has 0 saturated heterocycles. The SMILES string of the molecule is CC(C)c1cccc(C(C)C)c1N1c2ccccc2-c2oc3ccccc3[n+]2[B-]1(F)F. The van der Waals surface area contributed by atoms with Crippen molar-refractivity contribution < 1.29 is 17.5 Å². The highest BCUT2D eigenvalue weighted by Gasteiger charge is 2.57. The third-order valence-corrected chi connectivity index (χ3v) is 6.15. The molecule has 3 nitrogen and oxygen atoms in total. The van der Waals surface area contributed by atoms with Crippen LogP contribution in [-0.4, -0.2) is 6.97 Å². The number of rotatable bonds is 3. The number of anilines is 2. The lowest BCUT2D eigenvalue weighted by atomic mass is 9.81. The van der Waals surface area contributed by atoms with E-state index in [0.29, 0.717) is 28.0 Å². The van der Waals surface area contributed by atoms with Crippen LogP contribution in [0.1, 0.15) is 50.7 Å². The molecule has 5 rings (SSSR count). The van der Waals surface area contributed by atoms with Crippen molar-refractivity contribution >= 4 is 29.4 Å². The van der Waals surface area contributed by atoms with Gasteiger partial charge in [0, 0.05) is 17.4 Å². The lowest BCUT2D eigenvalue weighted by Gasteiger charge is -2.41. The molecule has 0 bridgehead atoms. The highest BCUT2D eigenvalue weighted by atomic mass is 19.2. The first-order valence-corrected chi connectivity index (χ1v) is 10.8. The Morgan fingerprint density at radius 3 is 2.10 bits per heavy atom. The van der Waals surface area contributed by atoms with Crippen molar-refractivity contribution in [3.05, 3.63) is 77.9 Å². The van der Waals surface area contributed by atoms with Crippen LogP contribution in [0.5, 0.6) is 0 Å². The molecule has 0 N–H and O–H groups in total. The summed E-state index contributed by atoms with van der Waals surface area (Å²) in [5.41, 5.74) is 4.43. The van der Waals surface area contributed by atoms with Crippen LogP contribution in [0.2, 0.25) is 0 Å². The van der Waals surface area contributed by atoms with E-state index in [1.54, 1.807) is 30.3 Å². The van der Waals surface area contributed by atoms with Gasteiger partial charge in [0.15, 0.2) is 5.58 Å². The van der Waals surface area contributed by atoms with Gasteiger partial charge in [0.1, 0.15) is 5.56 Å². The number of nitrogens with zero attached hydrogens (tertiary/aromatic N) is 2. The summed E-state index contributed by atoms with van der Waals surface area (Å²) >= 11 is 0. The maximum atomic E-state index is 16.6. The van der Waals surface area contributed by atoms with Gasteiger partial charge in [0.05, 0.1) is 0 Å². The highest BCUT2D eigenvalue weighted by molar-refractivity contribution is 6.65. The van der Waals surface area contributed by atoms with E-state index in [1.807, 2.05) is 36.4 Å². The van der Waals surface area contributed by atoms with Gasteiger partial charge in [-0.2, -0.15) is 0 Å². The van der Waals surface area contributed by atoms with Crippen LogP contribution >= 0.6 is 0 Å². The second kappa shape index (κ2) is 6.94. The molecular formula is C25H25BF2N2O. The number of aromatic nitrogens is 1. The minimum Gasteiger partial charge on any atom is -0.401 e. The predicted molar refractivity (Wildman–Crippen MR) is 122 cm³/mol. The van der Waals surface area contributed by atoms with Crippen molar-refractivity contribution in [1.82, 2.24) is 0 Å². The van der Waals surface area contributed by atoms with Crippen LogP contribution in [0.25, 0.3) is 22.6 Å². The number of fused-ring (bicyclic) bond motifs is 5. The molecule has 2 heterocycles. The van der Waals surface area contributed by atoms with Gasteiger partial charge in [0.2, 0.25) is 5.52 Å². The summed E-state index contributed by atoms with van der Waals surface area (Å²) in [6.07, 6.45) is 0. The molecule has 158 valence electrons. The Hall–Kier alpha value is -3.15. The van der Waals surface area contributed by atoms with Crippen LogP contribution in [0.15, 0.2) is 71.1 Å². The van der Waals surface area contributed by atoms with Gasteiger partial charge in [-0.25, -0.2) is 0 Å². The normalized spacial score (nSPS) is 14.9. The molecule has 0 spiro atoms. The molecule has 6 heteroatoms.